The molecule has 3 aliphatic heterocycles. The van der Waals surface area contributed by atoms with Crippen molar-refractivity contribution < 1.29 is 9.53 Å². The molecule has 1 aromatic carbocycles. The maximum absolute atomic E-state index is 12.9. The van der Waals surface area contributed by atoms with Crippen LogP contribution in [-0.4, -0.2) is 42.5 Å². The first-order valence-electron chi connectivity index (χ1n) is 11.4. The smallest absolute Gasteiger partial charge is 0.300 e. The SMILES string of the molecule is CCN1C(=O)/C(=C\c2cc3c4c(c2)CCCN4CCC3)OC1=NC1CCCCC1. The number of anilines is 1. The Hall–Kier alpha value is -2.30. The fraction of sp³-hybridized carbons (Fsp3) is 0.583. The molecule has 0 radical (unpaired) electrons. The number of aliphatic imine (C=N–C) groups is 1. The van der Waals surface area contributed by atoms with Crippen LogP contribution in [0.5, 0.6) is 0 Å². The van der Waals surface area contributed by atoms with E-state index in [4.69, 9.17) is 9.73 Å². The third-order valence-electron chi connectivity index (χ3n) is 6.72. The largest absolute Gasteiger partial charge is 0.420 e. The summed E-state index contributed by atoms with van der Waals surface area (Å²) in [6.45, 7) is 4.92. The van der Waals surface area contributed by atoms with Crippen LogP contribution in [0.4, 0.5) is 5.69 Å². The number of likely N-dealkylation sites (N-methyl/N-ethyl adjacent to an activating group) is 1. The third kappa shape index (κ3) is 3.56. The van der Waals surface area contributed by atoms with Crippen molar-refractivity contribution in [1.29, 1.82) is 0 Å². The lowest BCUT2D eigenvalue weighted by molar-refractivity contribution is -0.122. The Balaban J connectivity index is 1.44. The minimum absolute atomic E-state index is 0.0601. The van der Waals surface area contributed by atoms with Crippen LogP contribution in [0, 0.1) is 0 Å². The fourth-order valence-electron chi connectivity index (χ4n) is 5.31. The van der Waals surface area contributed by atoms with E-state index in [1.165, 1.54) is 62.0 Å². The average Bonchev–Trinajstić information content (AvgIpc) is 3.03. The minimum Gasteiger partial charge on any atom is -0.420 e. The molecule has 1 saturated heterocycles. The highest BCUT2D eigenvalue weighted by Crippen LogP contribution is 2.37. The molecule has 0 atom stereocenters. The maximum atomic E-state index is 12.9. The number of carbonyl (C=O) groups is 1. The fourth-order valence-corrected chi connectivity index (χ4v) is 5.31. The Morgan fingerprint density at radius 3 is 2.41 bits per heavy atom. The Bertz CT molecular complexity index is 836. The second kappa shape index (κ2) is 7.85. The lowest BCUT2D eigenvalue weighted by Crippen LogP contribution is -2.34. The van der Waals surface area contributed by atoms with E-state index < -0.39 is 0 Å². The van der Waals surface area contributed by atoms with Crippen LogP contribution < -0.4 is 4.90 Å². The zero-order valence-corrected chi connectivity index (χ0v) is 17.5. The molecule has 29 heavy (non-hydrogen) atoms. The first-order valence-corrected chi connectivity index (χ1v) is 11.4. The molecule has 0 aromatic heterocycles. The quantitative estimate of drug-likeness (QED) is 0.720. The van der Waals surface area contributed by atoms with Crippen LogP contribution >= 0.6 is 0 Å². The molecule has 1 amide bonds. The Labute approximate surface area is 173 Å². The van der Waals surface area contributed by atoms with Gasteiger partial charge >= 0.3 is 6.02 Å². The second-order valence-electron chi connectivity index (χ2n) is 8.75. The second-order valence-corrected chi connectivity index (χ2v) is 8.75. The van der Waals surface area contributed by atoms with Crippen molar-refractivity contribution in [1.82, 2.24) is 4.90 Å². The molecule has 1 saturated carbocycles. The summed E-state index contributed by atoms with van der Waals surface area (Å²) < 4.78 is 6.01. The molecule has 0 unspecified atom stereocenters. The van der Waals surface area contributed by atoms with Crippen molar-refractivity contribution in [3.05, 3.63) is 34.6 Å². The highest BCUT2D eigenvalue weighted by molar-refractivity contribution is 6.11. The topological polar surface area (TPSA) is 45.1 Å². The predicted octanol–water partition coefficient (Wildman–Crippen LogP) is 4.29. The highest BCUT2D eigenvalue weighted by atomic mass is 16.5. The molecule has 0 spiro atoms. The molecule has 5 rings (SSSR count). The Morgan fingerprint density at radius 1 is 1.07 bits per heavy atom. The third-order valence-corrected chi connectivity index (χ3v) is 6.72. The molecular formula is C24H31N3O2. The molecule has 3 heterocycles. The summed E-state index contributed by atoms with van der Waals surface area (Å²) in [5.74, 6) is 0.354. The van der Waals surface area contributed by atoms with E-state index >= 15 is 0 Å². The van der Waals surface area contributed by atoms with E-state index in [2.05, 4.69) is 17.0 Å². The van der Waals surface area contributed by atoms with Gasteiger partial charge in [-0.2, -0.15) is 0 Å². The summed E-state index contributed by atoms with van der Waals surface area (Å²) in [5.41, 5.74) is 5.39. The van der Waals surface area contributed by atoms with Crippen molar-refractivity contribution in [3.8, 4) is 0 Å². The summed E-state index contributed by atoms with van der Waals surface area (Å²) in [7, 11) is 0. The molecule has 0 bridgehead atoms. The van der Waals surface area contributed by atoms with E-state index in [9.17, 15) is 4.79 Å². The van der Waals surface area contributed by atoms with Gasteiger partial charge < -0.3 is 9.64 Å². The number of rotatable bonds is 3. The molecule has 2 fully saturated rings. The zero-order valence-electron chi connectivity index (χ0n) is 17.5. The van der Waals surface area contributed by atoms with Gasteiger partial charge in [0.25, 0.3) is 5.91 Å². The number of amidine groups is 1. The van der Waals surface area contributed by atoms with Gasteiger partial charge in [-0.25, -0.2) is 4.99 Å². The zero-order chi connectivity index (χ0) is 19.8. The Morgan fingerprint density at radius 2 is 1.76 bits per heavy atom. The molecule has 5 nitrogen and oxygen atoms in total. The first-order chi connectivity index (χ1) is 14.2. The van der Waals surface area contributed by atoms with Crippen molar-refractivity contribution >= 4 is 23.7 Å². The number of aryl methyl sites for hydroxylation is 2. The molecule has 4 aliphatic rings. The van der Waals surface area contributed by atoms with Crippen LogP contribution in [0.25, 0.3) is 6.08 Å². The van der Waals surface area contributed by atoms with Gasteiger partial charge in [-0.1, -0.05) is 19.3 Å². The van der Waals surface area contributed by atoms with Gasteiger partial charge in [-0.3, -0.25) is 9.69 Å². The number of benzene rings is 1. The van der Waals surface area contributed by atoms with Crippen LogP contribution in [0.15, 0.2) is 22.9 Å². The number of carbonyl (C=O) groups excluding carboxylic acids is 1. The van der Waals surface area contributed by atoms with Crippen molar-refractivity contribution in [3.63, 3.8) is 0 Å². The van der Waals surface area contributed by atoms with Gasteiger partial charge in [0.05, 0.1) is 6.04 Å². The van der Waals surface area contributed by atoms with Gasteiger partial charge in [-0.05, 0) is 80.3 Å². The normalized spacial score (nSPS) is 24.9. The monoisotopic (exact) mass is 393 g/mol. The van der Waals surface area contributed by atoms with E-state index in [1.807, 2.05) is 13.0 Å². The summed E-state index contributed by atoms with van der Waals surface area (Å²) >= 11 is 0. The number of nitrogens with zero attached hydrogens (tertiary/aromatic N) is 3. The molecule has 1 aliphatic carbocycles. The number of hydrogen-bond acceptors (Lipinski definition) is 4. The molecule has 5 heteroatoms. The van der Waals surface area contributed by atoms with E-state index in [0.717, 1.165) is 31.2 Å². The lowest BCUT2D eigenvalue weighted by atomic mass is 9.90. The van der Waals surface area contributed by atoms with E-state index in [0.29, 0.717) is 24.4 Å². The van der Waals surface area contributed by atoms with Crippen molar-refractivity contribution in [2.45, 2.75) is 70.8 Å². The molecule has 154 valence electrons. The van der Waals surface area contributed by atoms with Crippen molar-refractivity contribution in [2.75, 3.05) is 24.5 Å². The average molecular weight is 394 g/mol. The van der Waals surface area contributed by atoms with Gasteiger partial charge in [0.2, 0.25) is 0 Å². The molecule has 1 aromatic rings. The van der Waals surface area contributed by atoms with Crippen molar-refractivity contribution in [2.24, 2.45) is 4.99 Å². The van der Waals surface area contributed by atoms with Crippen LogP contribution in [0.2, 0.25) is 0 Å². The van der Waals surface area contributed by atoms with Crippen LogP contribution in [-0.2, 0) is 22.4 Å². The summed E-state index contributed by atoms with van der Waals surface area (Å²) in [5, 5.41) is 0. The van der Waals surface area contributed by atoms with Gasteiger partial charge in [0, 0.05) is 25.3 Å². The van der Waals surface area contributed by atoms with Gasteiger partial charge in [-0.15, -0.1) is 0 Å². The predicted molar refractivity (Wildman–Crippen MR) is 116 cm³/mol. The number of amides is 1. The number of ether oxygens (including phenoxy) is 1. The molecular weight excluding hydrogens is 362 g/mol. The van der Waals surface area contributed by atoms with E-state index in [1.54, 1.807) is 4.90 Å². The molecule has 0 N–H and O–H groups in total. The summed E-state index contributed by atoms with van der Waals surface area (Å²) in [6, 6.07) is 5.30. The minimum atomic E-state index is -0.0601. The van der Waals surface area contributed by atoms with Gasteiger partial charge in [0.15, 0.2) is 5.76 Å². The van der Waals surface area contributed by atoms with Crippen LogP contribution in [0.3, 0.4) is 0 Å². The van der Waals surface area contributed by atoms with Gasteiger partial charge in [0.1, 0.15) is 0 Å². The summed E-state index contributed by atoms with van der Waals surface area (Å²) in [4.78, 5) is 22.0. The lowest BCUT2D eigenvalue weighted by Gasteiger charge is -2.37. The maximum Gasteiger partial charge on any atom is 0.300 e. The first kappa shape index (κ1) is 18.7. The Kier molecular flexibility index (Phi) is 5.06. The standard InChI is InChI=1S/C24H31N3O2/c1-2-27-23(28)21(29-24(27)25-20-10-4-3-5-11-20)16-17-14-18-8-6-12-26-13-7-9-19(15-17)22(18)26/h14-16,20H,2-13H2,1H3/b21-16+,25-24?. The van der Waals surface area contributed by atoms with E-state index in [-0.39, 0.29) is 5.91 Å². The summed E-state index contributed by atoms with van der Waals surface area (Å²) in [6.07, 6.45) is 12.5. The van der Waals surface area contributed by atoms with Crippen LogP contribution in [0.1, 0.15) is 68.6 Å². The highest BCUT2D eigenvalue weighted by Gasteiger charge is 2.34. The number of hydrogen-bond donors (Lipinski definition) is 0.